The Balaban J connectivity index is 1.83. The van der Waals surface area contributed by atoms with Crippen LogP contribution in [0.15, 0.2) is 29.2 Å². The number of nitrogens with two attached hydrogens (primary N) is 1. The number of anilines is 1. The third kappa shape index (κ3) is 4.47. The van der Waals surface area contributed by atoms with Gasteiger partial charge in [0.15, 0.2) is 0 Å². The summed E-state index contributed by atoms with van der Waals surface area (Å²) in [6.07, 6.45) is 0. The molecule has 112 valence electrons. The van der Waals surface area contributed by atoms with Crippen LogP contribution in [0.1, 0.15) is 0 Å². The second-order valence-corrected chi connectivity index (χ2v) is 9.43. The predicted molar refractivity (Wildman–Crippen MR) is 84.8 cm³/mol. The molecule has 0 unspecified atom stereocenters. The van der Waals surface area contributed by atoms with Gasteiger partial charge in [-0.3, -0.25) is 4.21 Å². The zero-order valence-corrected chi connectivity index (χ0v) is 13.5. The van der Waals surface area contributed by atoms with E-state index in [1.807, 2.05) is 12.1 Å². The first-order valence-corrected chi connectivity index (χ1v) is 10.4. The van der Waals surface area contributed by atoms with E-state index in [2.05, 4.69) is 0 Å². The van der Waals surface area contributed by atoms with Gasteiger partial charge in [-0.2, -0.15) is 0 Å². The molecule has 0 amide bonds. The molecule has 1 aliphatic heterocycles. The van der Waals surface area contributed by atoms with Crippen molar-refractivity contribution in [3.8, 4) is 0 Å². The van der Waals surface area contributed by atoms with Crippen molar-refractivity contribution in [3.05, 3.63) is 24.3 Å². The fourth-order valence-electron chi connectivity index (χ4n) is 1.86. The van der Waals surface area contributed by atoms with E-state index in [0.29, 0.717) is 36.0 Å². The van der Waals surface area contributed by atoms with Crippen LogP contribution in [0.25, 0.3) is 0 Å². The van der Waals surface area contributed by atoms with Gasteiger partial charge in [-0.05, 0) is 24.3 Å². The van der Waals surface area contributed by atoms with Gasteiger partial charge in [0, 0.05) is 51.7 Å². The van der Waals surface area contributed by atoms with Crippen LogP contribution < -0.4 is 5.73 Å². The fraction of sp³-hybridized carbons (Fsp3) is 0.500. The summed E-state index contributed by atoms with van der Waals surface area (Å²) in [5.41, 5.74) is 6.29. The molecule has 0 spiro atoms. The van der Waals surface area contributed by atoms with Crippen molar-refractivity contribution in [3.63, 3.8) is 0 Å². The summed E-state index contributed by atoms with van der Waals surface area (Å²) in [4.78, 5) is 1.01. The molecule has 0 atom stereocenters. The minimum absolute atomic E-state index is 0.106. The summed E-state index contributed by atoms with van der Waals surface area (Å²) in [5, 5.41) is 0. The monoisotopic (exact) mass is 334 g/mol. The lowest BCUT2D eigenvalue weighted by molar-refractivity contribution is 0.440. The number of hydrogen-bond donors (Lipinski definition) is 1. The van der Waals surface area contributed by atoms with Crippen LogP contribution >= 0.6 is 11.8 Å². The molecule has 0 radical (unpaired) electrons. The Morgan fingerprint density at radius 3 is 2.40 bits per heavy atom. The summed E-state index contributed by atoms with van der Waals surface area (Å²) in [6, 6.07) is 7.38. The summed E-state index contributed by atoms with van der Waals surface area (Å²) in [7, 11) is -4.09. The standard InChI is InChI=1S/C12H18N2O3S3/c13-11-1-3-12(4-2-11)18-7-10-20(16,17)14-5-8-19(15)9-6-14/h1-4H,5-10,13H2. The van der Waals surface area contributed by atoms with Gasteiger partial charge in [-0.25, -0.2) is 12.7 Å². The third-order valence-electron chi connectivity index (χ3n) is 3.02. The molecule has 0 aliphatic carbocycles. The molecule has 1 aromatic carbocycles. The predicted octanol–water partition coefficient (Wildman–Crippen LogP) is 0.755. The van der Waals surface area contributed by atoms with Crippen molar-refractivity contribution in [2.75, 3.05) is 41.8 Å². The molecule has 0 saturated carbocycles. The van der Waals surface area contributed by atoms with Crippen molar-refractivity contribution in [2.45, 2.75) is 4.90 Å². The Hall–Kier alpha value is -0.570. The quantitative estimate of drug-likeness (QED) is 0.635. The number of nitrogen functional groups attached to an aromatic ring is 1. The molecule has 20 heavy (non-hydrogen) atoms. The maximum Gasteiger partial charge on any atom is 0.214 e. The highest BCUT2D eigenvalue weighted by atomic mass is 32.2. The molecular formula is C12H18N2O3S3. The highest BCUT2D eigenvalue weighted by Crippen LogP contribution is 2.20. The van der Waals surface area contributed by atoms with Crippen molar-refractivity contribution in [2.24, 2.45) is 0 Å². The molecule has 0 aromatic heterocycles. The Morgan fingerprint density at radius 1 is 1.20 bits per heavy atom. The lowest BCUT2D eigenvalue weighted by Crippen LogP contribution is -2.43. The van der Waals surface area contributed by atoms with Gasteiger partial charge >= 0.3 is 0 Å². The average molecular weight is 334 g/mol. The highest BCUT2D eigenvalue weighted by Gasteiger charge is 2.25. The first-order chi connectivity index (χ1) is 9.47. The second-order valence-electron chi connectivity index (χ2n) is 4.48. The number of nitrogens with zero attached hydrogens (tertiary/aromatic N) is 1. The molecule has 1 fully saturated rings. The van der Waals surface area contributed by atoms with Gasteiger partial charge in [0.05, 0.1) is 5.75 Å². The molecule has 5 nitrogen and oxygen atoms in total. The summed E-state index contributed by atoms with van der Waals surface area (Å²) >= 11 is 1.50. The van der Waals surface area contributed by atoms with E-state index < -0.39 is 20.8 Å². The smallest absolute Gasteiger partial charge is 0.214 e. The van der Waals surface area contributed by atoms with E-state index in [4.69, 9.17) is 5.73 Å². The summed E-state index contributed by atoms with van der Waals surface area (Å²) in [6.45, 7) is 0.753. The Morgan fingerprint density at radius 2 is 1.80 bits per heavy atom. The number of rotatable bonds is 5. The number of hydrogen-bond acceptors (Lipinski definition) is 5. The summed E-state index contributed by atoms with van der Waals surface area (Å²) in [5.74, 6) is 1.51. The van der Waals surface area contributed by atoms with E-state index in [1.165, 1.54) is 16.1 Å². The molecule has 8 heteroatoms. The van der Waals surface area contributed by atoms with E-state index in [1.54, 1.807) is 12.1 Å². The van der Waals surface area contributed by atoms with Crippen molar-refractivity contribution < 1.29 is 12.6 Å². The van der Waals surface area contributed by atoms with Crippen LogP contribution in [0.3, 0.4) is 0 Å². The molecule has 1 aliphatic rings. The average Bonchev–Trinajstić information content (AvgIpc) is 2.41. The van der Waals surface area contributed by atoms with Crippen LogP contribution in [-0.2, 0) is 20.8 Å². The molecule has 1 heterocycles. The Labute approximate surface area is 126 Å². The molecule has 1 aromatic rings. The minimum atomic E-state index is -3.23. The van der Waals surface area contributed by atoms with Crippen LogP contribution in [0.5, 0.6) is 0 Å². The van der Waals surface area contributed by atoms with E-state index >= 15 is 0 Å². The zero-order chi connectivity index (χ0) is 14.6. The molecular weight excluding hydrogens is 316 g/mol. The molecule has 0 bridgehead atoms. The van der Waals surface area contributed by atoms with Crippen molar-refractivity contribution in [1.82, 2.24) is 4.31 Å². The maximum atomic E-state index is 12.1. The van der Waals surface area contributed by atoms with Gasteiger partial charge < -0.3 is 5.73 Å². The number of benzene rings is 1. The Bertz CT molecular complexity index is 562. The first-order valence-electron chi connectivity index (χ1n) is 6.28. The van der Waals surface area contributed by atoms with Gasteiger partial charge in [0.1, 0.15) is 0 Å². The highest BCUT2D eigenvalue weighted by molar-refractivity contribution is 8.00. The number of thioether (sulfide) groups is 1. The minimum Gasteiger partial charge on any atom is -0.399 e. The SMILES string of the molecule is Nc1ccc(SCCS(=O)(=O)N2CCS(=O)CC2)cc1. The fourth-order valence-corrected chi connectivity index (χ4v) is 5.88. The van der Waals surface area contributed by atoms with Crippen LogP contribution in [-0.4, -0.2) is 53.0 Å². The molecule has 2 rings (SSSR count). The van der Waals surface area contributed by atoms with E-state index in [-0.39, 0.29) is 5.75 Å². The van der Waals surface area contributed by atoms with Crippen LogP contribution in [0.4, 0.5) is 5.69 Å². The van der Waals surface area contributed by atoms with E-state index in [9.17, 15) is 12.6 Å². The van der Waals surface area contributed by atoms with E-state index in [0.717, 1.165) is 4.90 Å². The lowest BCUT2D eigenvalue weighted by atomic mass is 10.3. The molecule has 1 saturated heterocycles. The lowest BCUT2D eigenvalue weighted by Gasteiger charge is -2.25. The number of sulfonamides is 1. The summed E-state index contributed by atoms with van der Waals surface area (Å²) < 4.78 is 37.0. The Kier molecular flexibility index (Phi) is 5.48. The topological polar surface area (TPSA) is 80.5 Å². The van der Waals surface area contributed by atoms with Crippen molar-refractivity contribution in [1.29, 1.82) is 0 Å². The van der Waals surface area contributed by atoms with Gasteiger partial charge in [-0.1, -0.05) is 0 Å². The maximum absolute atomic E-state index is 12.1. The normalized spacial score (nSPS) is 18.2. The van der Waals surface area contributed by atoms with Gasteiger partial charge in [0.25, 0.3) is 0 Å². The van der Waals surface area contributed by atoms with Crippen molar-refractivity contribution >= 4 is 38.3 Å². The first kappa shape index (κ1) is 15.8. The second kappa shape index (κ2) is 6.93. The largest absolute Gasteiger partial charge is 0.399 e. The molecule has 2 N–H and O–H groups in total. The van der Waals surface area contributed by atoms with Gasteiger partial charge in [0.2, 0.25) is 10.0 Å². The van der Waals surface area contributed by atoms with Crippen LogP contribution in [0, 0.1) is 0 Å². The van der Waals surface area contributed by atoms with Gasteiger partial charge in [-0.15, -0.1) is 11.8 Å². The van der Waals surface area contributed by atoms with Crippen LogP contribution in [0.2, 0.25) is 0 Å². The zero-order valence-electron chi connectivity index (χ0n) is 11.0. The third-order valence-corrected chi connectivity index (χ3v) is 7.44.